The second kappa shape index (κ2) is 27.8. The van der Waals surface area contributed by atoms with Crippen molar-refractivity contribution in [3.63, 3.8) is 0 Å². The zero-order chi connectivity index (χ0) is 31.3. The molecule has 48 heavy (non-hydrogen) atoms. The molecule has 4 aliphatic heterocycles. The minimum absolute atomic E-state index is 0. The third-order valence-corrected chi connectivity index (χ3v) is 8.73. The van der Waals surface area contributed by atoms with E-state index < -0.39 is 0 Å². The number of rotatable bonds is 0. The van der Waals surface area contributed by atoms with E-state index in [9.17, 15) is 0 Å². The quantitative estimate of drug-likeness (QED) is 0.300. The Kier molecular flexibility index (Phi) is 40.6. The molecule has 0 spiro atoms. The van der Waals surface area contributed by atoms with Crippen molar-refractivity contribution in [2.75, 3.05) is 0 Å². The fraction of sp³-hybridized carbons (Fsp3) is 1.00. The minimum Gasteiger partial charge on any atom is -1.00 e. The molecule has 4 heterocycles. The van der Waals surface area contributed by atoms with Crippen molar-refractivity contribution in [3.8, 4) is 0 Å². The molecule has 0 amide bonds. The second-order valence-electron chi connectivity index (χ2n) is 18.4. The van der Waals surface area contributed by atoms with Gasteiger partial charge in [-0.15, -0.1) is 44.3 Å². The second-order valence-corrected chi connectivity index (χ2v) is 18.4. The van der Waals surface area contributed by atoms with Gasteiger partial charge in [-0.05, 0) is 0 Å². The number of hydrogen-bond donors (Lipinski definition) is 0. The molecule has 0 aromatic carbocycles. The van der Waals surface area contributed by atoms with E-state index in [-0.39, 0.29) is 194 Å². The summed E-state index contributed by atoms with van der Waals surface area (Å²) in [6.07, 6.45) is 15.4. The van der Waals surface area contributed by atoms with Crippen molar-refractivity contribution < 1.29 is 88.6 Å². The first-order valence-corrected chi connectivity index (χ1v) is 16.6. The van der Waals surface area contributed by atoms with Crippen molar-refractivity contribution in [1.82, 2.24) is 0 Å². The van der Waals surface area contributed by atoms with Crippen LogP contribution in [0.15, 0.2) is 0 Å². The van der Waals surface area contributed by atoms with E-state index >= 15 is 0 Å². The molecule has 4 fully saturated rings. The van der Waals surface area contributed by atoms with Crippen LogP contribution in [0.5, 0.6) is 0 Å². The monoisotopic (exact) mass is 892 g/mol. The predicted molar refractivity (Wildman–Crippen MR) is 193 cm³/mol. The molecule has 4 saturated heterocycles. The first-order chi connectivity index (χ1) is 17.7. The van der Waals surface area contributed by atoms with Gasteiger partial charge in [-0.3, -0.25) is 0 Å². The maximum atomic E-state index is 4.75. The number of piperidine rings is 4. The van der Waals surface area contributed by atoms with Crippen LogP contribution >= 0.6 is 0 Å². The van der Waals surface area contributed by atoms with Gasteiger partial charge in [-0.1, -0.05) is 188 Å². The fourth-order valence-corrected chi connectivity index (χ4v) is 7.54. The summed E-state index contributed by atoms with van der Waals surface area (Å²) in [5.74, 6) is 0. The first-order valence-electron chi connectivity index (χ1n) is 16.6. The maximum absolute atomic E-state index is 4.75. The molecule has 0 unspecified atom stereocenters. The van der Waals surface area contributed by atoms with Crippen molar-refractivity contribution in [2.24, 2.45) is 0 Å². The van der Waals surface area contributed by atoms with Crippen molar-refractivity contribution in [3.05, 3.63) is 21.3 Å². The standard InChI is InChI=1S/4C9H18N.Ca.4ClH.Mg.2Zn/c4*1-8(2)6-5-7-9(3,4)10-8;;;;;;;;/h4*5-7H2,1-4H3;;4*1H;;;/q4*-1;+2;;;;;3*+2/p-4. The molecule has 4 rings (SSSR count). The van der Waals surface area contributed by atoms with Gasteiger partial charge in [0.15, 0.2) is 0 Å². The van der Waals surface area contributed by atoms with E-state index in [4.69, 9.17) is 21.3 Å². The van der Waals surface area contributed by atoms with Crippen molar-refractivity contribution in [2.45, 2.75) is 232 Å². The molecule has 0 aromatic rings. The van der Waals surface area contributed by atoms with E-state index in [1.54, 1.807) is 0 Å². The molecule has 0 aromatic heterocycles. The Bertz CT molecular complexity index is 616. The molecule has 0 saturated carbocycles. The molecule has 12 heteroatoms. The molecule has 4 nitrogen and oxygen atoms in total. The smallest absolute Gasteiger partial charge is 1.00 e. The SMILES string of the molecule is CC1(C)CCCC(C)(C)[N-]1.CC1(C)CCCC(C)(C)[N-]1.CC1(C)CCCC(C)(C)[N-]1.CC1(C)CCCC(C)(C)[N-]1.[Ca+2].[Cl-].[Cl-].[Cl-].[Cl-].[Mg+2].[Zn+2].[Zn+2]. The van der Waals surface area contributed by atoms with E-state index in [0.29, 0.717) is 0 Å². The molecular weight excluding hydrogens is 825 g/mol. The van der Waals surface area contributed by atoms with Gasteiger partial charge >= 0.3 is 99.7 Å². The minimum atomic E-state index is 0. The summed E-state index contributed by atoms with van der Waals surface area (Å²) >= 11 is 0. The third-order valence-electron chi connectivity index (χ3n) is 8.73. The Morgan fingerprint density at radius 3 is 0.396 bits per heavy atom. The summed E-state index contributed by atoms with van der Waals surface area (Å²) in [7, 11) is 0. The van der Waals surface area contributed by atoms with Crippen LogP contribution in [0.2, 0.25) is 0 Å². The van der Waals surface area contributed by atoms with E-state index in [0.717, 1.165) is 0 Å². The van der Waals surface area contributed by atoms with Crippen molar-refractivity contribution in [1.29, 1.82) is 0 Å². The van der Waals surface area contributed by atoms with E-state index in [1.165, 1.54) is 77.0 Å². The van der Waals surface area contributed by atoms with E-state index in [1.807, 2.05) is 0 Å². The number of hydrogen-bond acceptors (Lipinski definition) is 0. The summed E-state index contributed by atoms with van der Waals surface area (Å²) in [5, 5.41) is 19.0. The Morgan fingerprint density at radius 1 is 0.271 bits per heavy atom. The topological polar surface area (TPSA) is 56.4 Å². The Balaban J connectivity index is -0.0000000702. The first kappa shape index (κ1) is 70.1. The van der Waals surface area contributed by atoms with Gasteiger partial charge in [0.2, 0.25) is 0 Å². The summed E-state index contributed by atoms with van der Waals surface area (Å²) in [5.41, 5.74) is 1.90. The third kappa shape index (κ3) is 33.6. The van der Waals surface area contributed by atoms with Crippen LogP contribution in [0.4, 0.5) is 0 Å². The molecule has 0 aliphatic carbocycles. The van der Waals surface area contributed by atoms with Crippen LogP contribution in [0.1, 0.15) is 188 Å². The largest absolute Gasteiger partial charge is 2.00 e. The van der Waals surface area contributed by atoms with Crippen LogP contribution < -0.4 is 49.6 Å². The molecule has 0 N–H and O–H groups in total. The van der Waals surface area contributed by atoms with Crippen LogP contribution in [0, 0.1) is 0 Å². The Labute approximate surface area is 397 Å². The van der Waals surface area contributed by atoms with Gasteiger partial charge in [0.25, 0.3) is 0 Å². The average Bonchev–Trinajstić information content (AvgIpc) is 2.61. The summed E-state index contributed by atoms with van der Waals surface area (Å²) in [6, 6.07) is 0. The molecule has 4 aliphatic rings. The molecular formula is C36H72CaCl4MgN4Zn2. The van der Waals surface area contributed by atoms with Gasteiger partial charge in [0.05, 0.1) is 0 Å². The Morgan fingerprint density at radius 2 is 0.354 bits per heavy atom. The van der Waals surface area contributed by atoms with E-state index in [2.05, 4.69) is 111 Å². The van der Waals surface area contributed by atoms with Crippen LogP contribution in [0.3, 0.4) is 0 Å². The van der Waals surface area contributed by atoms with Gasteiger partial charge in [-0.25, -0.2) is 0 Å². The van der Waals surface area contributed by atoms with Crippen LogP contribution in [0.25, 0.3) is 21.3 Å². The zero-order valence-corrected chi connectivity index (χ0v) is 47.2. The van der Waals surface area contributed by atoms with Gasteiger partial charge in [-0.2, -0.15) is 0 Å². The summed E-state index contributed by atoms with van der Waals surface area (Å²) < 4.78 is 0. The normalized spacial score (nSPS) is 25.0. The van der Waals surface area contributed by atoms with Crippen molar-refractivity contribution >= 4 is 60.8 Å². The number of halogens is 4. The summed E-state index contributed by atoms with van der Waals surface area (Å²) in [4.78, 5) is 0. The van der Waals surface area contributed by atoms with Gasteiger partial charge in [0.1, 0.15) is 0 Å². The summed E-state index contributed by atoms with van der Waals surface area (Å²) in [6.45, 7) is 35.7. The number of nitrogens with zero attached hydrogens (tertiary/aromatic N) is 4. The van der Waals surface area contributed by atoms with Gasteiger partial charge < -0.3 is 70.9 Å². The molecule has 0 bridgehead atoms. The zero-order valence-electron chi connectivity index (χ0n) is 34.6. The molecule has 0 atom stereocenters. The average molecular weight is 898 g/mol. The maximum Gasteiger partial charge on any atom is 2.00 e. The van der Waals surface area contributed by atoms with Gasteiger partial charge in [0, 0.05) is 0 Å². The molecule has 0 radical (unpaired) electrons. The fourth-order valence-electron chi connectivity index (χ4n) is 7.54. The Hall–Kier alpha value is 4.27. The van der Waals surface area contributed by atoms with Crippen LogP contribution in [-0.4, -0.2) is 105 Å². The predicted octanol–water partition coefficient (Wildman–Crippen LogP) is -0.346. The molecule has 272 valence electrons. The van der Waals surface area contributed by atoms with Crippen LogP contribution in [-0.2, 0) is 39.0 Å².